The lowest BCUT2D eigenvalue weighted by molar-refractivity contribution is -0.145. The number of methoxy groups -OCH3 is 1. The summed E-state index contributed by atoms with van der Waals surface area (Å²) in [5, 5.41) is 0. The molecule has 0 aliphatic carbocycles. The highest BCUT2D eigenvalue weighted by Gasteiger charge is 2.32. The van der Waals surface area contributed by atoms with Gasteiger partial charge in [-0.15, -0.1) is 6.42 Å². The van der Waals surface area contributed by atoms with Crippen LogP contribution in [-0.4, -0.2) is 87.7 Å². The first kappa shape index (κ1) is 26.0. The highest BCUT2D eigenvalue weighted by Crippen LogP contribution is 2.26. The summed E-state index contributed by atoms with van der Waals surface area (Å²) in [6.07, 6.45) is 6.35. The van der Waals surface area contributed by atoms with Gasteiger partial charge in [-0.25, -0.2) is 9.78 Å². The molecule has 0 bridgehead atoms. The molecule has 1 aliphatic rings. The van der Waals surface area contributed by atoms with Gasteiger partial charge in [0, 0.05) is 18.3 Å². The predicted octanol–water partition coefficient (Wildman–Crippen LogP) is 1.93. The second-order valence-electron chi connectivity index (χ2n) is 7.41. The molecular weight excluding hydrogens is 456 g/mol. The Hall–Kier alpha value is -3.65. The number of amides is 1. The number of rotatable bonds is 14. The zero-order valence-electron chi connectivity index (χ0n) is 19.5. The zero-order chi connectivity index (χ0) is 24.9. The quantitative estimate of drug-likeness (QED) is 0.226. The molecule has 1 amide bonds. The summed E-state index contributed by atoms with van der Waals surface area (Å²) in [6.45, 7) is 2.76. The Balaban J connectivity index is 1.32. The topological polar surface area (TPSA) is 106 Å². The molecule has 0 spiro atoms. The molecule has 2 aromatic rings. The fraction of sp³-hybridized carbons (Fsp3) is 0.400. The first-order chi connectivity index (χ1) is 17.1. The standard InChI is InChI=1S/C25H28N2O8/c1-3-9-31-10-11-32-12-13-33-18-24(28)27-16-22(17-27)34-20-5-4-6-21(14-20)35-23-8-7-19(15-26-23)25(29)30-2/h1,4-8,14-15,22H,9-13,16-18H2,2H3. The number of likely N-dealkylation sites (tertiary alicyclic amines) is 1. The number of esters is 1. The summed E-state index contributed by atoms with van der Waals surface area (Å²) in [7, 11) is 1.31. The van der Waals surface area contributed by atoms with Crippen molar-refractivity contribution >= 4 is 11.9 Å². The van der Waals surface area contributed by atoms with Crippen molar-refractivity contribution in [1.29, 1.82) is 0 Å². The molecule has 1 aromatic carbocycles. The molecular formula is C25H28N2O8. The molecule has 0 unspecified atom stereocenters. The molecule has 0 atom stereocenters. The molecule has 0 saturated carbocycles. The minimum Gasteiger partial charge on any atom is -0.487 e. The summed E-state index contributed by atoms with van der Waals surface area (Å²) in [5.74, 6) is 3.29. The van der Waals surface area contributed by atoms with Gasteiger partial charge in [0.2, 0.25) is 11.8 Å². The lowest BCUT2D eigenvalue weighted by Gasteiger charge is -2.38. The van der Waals surface area contributed by atoms with E-state index in [9.17, 15) is 9.59 Å². The Bertz CT molecular complexity index is 999. The Labute approximate surface area is 204 Å². The van der Waals surface area contributed by atoms with E-state index in [1.165, 1.54) is 13.3 Å². The molecule has 10 heteroatoms. The number of aromatic nitrogens is 1. The lowest BCUT2D eigenvalue weighted by Crippen LogP contribution is -2.57. The number of carbonyl (C=O) groups excluding carboxylic acids is 2. The van der Waals surface area contributed by atoms with E-state index < -0.39 is 5.97 Å². The van der Waals surface area contributed by atoms with Crippen molar-refractivity contribution in [1.82, 2.24) is 9.88 Å². The molecule has 10 nitrogen and oxygen atoms in total. The first-order valence-corrected chi connectivity index (χ1v) is 11.0. The average Bonchev–Trinajstić information content (AvgIpc) is 2.85. The van der Waals surface area contributed by atoms with Crippen LogP contribution in [0, 0.1) is 12.3 Å². The van der Waals surface area contributed by atoms with Crippen LogP contribution in [0.5, 0.6) is 17.4 Å². The van der Waals surface area contributed by atoms with Crippen LogP contribution in [0.25, 0.3) is 0 Å². The minimum atomic E-state index is -0.466. The Morgan fingerprint density at radius 3 is 2.51 bits per heavy atom. The maximum absolute atomic E-state index is 12.2. The third-order valence-corrected chi connectivity index (χ3v) is 4.84. The summed E-state index contributed by atoms with van der Waals surface area (Å²) in [6, 6.07) is 10.3. The van der Waals surface area contributed by atoms with Crippen molar-refractivity contribution in [3.63, 3.8) is 0 Å². The zero-order valence-corrected chi connectivity index (χ0v) is 19.5. The van der Waals surface area contributed by atoms with Crippen LogP contribution in [0.2, 0.25) is 0 Å². The SMILES string of the molecule is C#CCOCCOCCOCC(=O)N1CC(Oc2cccc(Oc3ccc(C(=O)OC)cn3)c2)C1. The fourth-order valence-electron chi connectivity index (χ4n) is 3.04. The second kappa shape index (κ2) is 13.9. The summed E-state index contributed by atoms with van der Waals surface area (Å²) in [4.78, 5) is 29.5. The number of hydrogen-bond donors (Lipinski definition) is 0. The smallest absolute Gasteiger partial charge is 0.339 e. The van der Waals surface area contributed by atoms with Gasteiger partial charge in [0.15, 0.2) is 0 Å². The van der Waals surface area contributed by atoms with Crippen LogP contribution in [0.15, 0.2) is 42.6 Å². The van der Waals surface area contributed by atoms with E-state index in [4.69, 9.17) is 30.1 Å². The van der Waals surface area contributed by atoms with Crippen LogP contribution in [0.1, 0.15) is 10.4 Å². The van der Waals surface area contributed by atoms with Gasteiger partial charge in [-0.3, -0.25) is 4.79 Å². The van der Waals surface area contributed by atoms with E-state index in [1.807, 2.05) is 6.07 Å². The van der Waals surface area contributed by atoms with Crippen LogP contribution >= 0.6 is 0 Å². The Kier molecular flexibility index (Phi) is 10.3. The summed E-state index contributed by atoms with van der Waals surface area (Å²) in [5.41, 5.74) is 0.335. The molecule has 3 rings (SSSR count). The third kappa shape index (κ3) is 8.57. The number of carbonyl (C=O) groups is 2. The van der Waals surface area contributed by atoms with Gasteiger partial charge >= 0.3 is 5.97 Å². The van der Waals surface area contributed by atoms with E-state index in [1.54, 1.807) is 35.2 Å². The van der Waals surface area contributed by atoms with Crippen LogP contribution in [0.4, 0.5) is 0 Å². The van der Waals surface area contributed by atoms with Gasteiger partial charge in [-0.1, -0.05) is 12.0 Å². The lowest BCUT2D eigenvalue weighted by atomic mass is 10.1. The van der Waals surface area contributed by atoms with Crippen molar-refractivity contribution in [2.75, 3.05) is 59.8 Å². The minimum absolute atomic E-state index is 0.00519. The van der Waals surface area contributed by atoms with Crippen molar-refractivity contribution < 1.29 is 38.0 Å². The highest BCUT2D eigenvalue weighted by molar-refractivity contribution is 5.88. The van der Waals surface area contributed by atoms with E-state index >= 15 is 0 Å². The second-order valence-corrected chi connectivity index (χ2v) is 7.41. The van der Waals surface area contributed by atoms with Crippen LogP contribution < -0.4 is 9.47 Å². The van der Waals surface area contributed by atoms with Crippen LogP contribution in [0.3, 0.4) is 0 Å². The van der Waals surface area contributed by atoms with E-state index in [2.05, 4.69) is 15.6 Å². The van der Waals surface area contributed by atoms with Gasteiger partial charge in [-0.2, -0.15) is 0 Å². The van der Waals surface area contributed by atoms with Gasteiger partial charge in [0.05, 0.1) is 52.2 Å². The summed E-state index contributed by atoms with van der Waals surface area (Å²) < 4.78 is 32.1. The van der Waals surface area contributed by atoms with Crippen LogP contribution in [-0.2, 0) is 23.7 Å². The normalized spacial score (nSPS) is 13.0. The molecule has 1 saturated heterocycles. The first-order valence-electron chi connectivity index (χ1n) is 11.0. The summed E-state index contributed by atoms with van der Waals surface area (Å²) >= 11 is 0. The Morgan fingerprint density at radius 2 is 1.80 bits per heavy atom. The van der Waals surface area contributed by atoms with Gasteiger partial charge < -0.3 is 33.3 Å². The molecule has 2 heterocycles. The molecule has 0 N–H and O–H groups in total. The van der Waals surface area contributed by atoms with E-state index in [-0.39, 0.29) is 25.2 Å². The number of terminal acetylenes is 1. The third-order valence-electron chi connectivity index (χ3n) is 4.84. The number of ether oxygens (including phenoxy) is 6. The average molecular weight is 485 g/mol. The highest BCUT2D eigenvalue weighted by atomic mass is 16.5. The molecule has 1 fully saturated rings. The van der Waals surface area contributed by atoms with Crippen molar-refractivity contribution in [2.45, 2.75) is 6.10 Å². The van der Waals surface area contributed by atoms with Gasteiger partial charge in [-0.05, 0) is 18.2 Å². The van der Waals surface area contributed by atoms with Crippen molar-refractivity contribution in [3.8, 4) is 29.7 Å². The molecule has 35 heavy (non-hydrogen) atoms. The fourth-order valence-corrected chi connectivity index (χ4v) is 3.04. The maximum atomic E-state index is 12.2. The predicted molar refractivity (Wildman–Crippen MR) is 124 cm³/mol. The van der Waals surface area contributed by atoms with Crippen molar-refractivity contribution in [2.24, 2.45) is 0 Å². The van der Waals surface area contributed by atoms with Crippen molar-refractivity contribution in [3.05, 3.63) is 48.2 Å². The monoisotopic (exact) mass is 484 g/mol. The van der Waals surface area contributed by atoms with Gasteiger partial charge in [0.25, 0.3) is 0 Å². The van der Waals surface area contributed by atoms with Gasteiger partial charge in [0.1, 0.15) is 30.8 Å². The molecule has 186 valence electrons. The van der Waals surface area contributed by atoms with E-state index in [0.29, 0.717) is 62.5 Å². The number of benzene rings is 1. The number of nitrogens with zero attached hydrogens (tertiary/aromatic N) is 2. The molecule has 1 aliphatic heterocycles. The largest absolute Gasteiger partial charge is 0.487 e. The number of pyridine rings is 1. The van der Waals surface area contributed by atoms with E-state index in [0.717, 1.165) is 0 Å². The molecule has 1 aromatic heterocycles. The number of hydrogen-bond acceptors (Lipinski definition) is 9. The maximum Gasteiger partial charge on any atom is 0.339 e. The molecule has 0 radical (unpaired) electrons. The Morgan fingerprint density at radius 1 is 1.06 bits per heavy atom.